The molecule has 2 aromatic rings. The van der Waals surface area contributed by atoms with E-state index in [1.54, 1.807) is 0 Å². The molecule has 0 radical (unpaired) electrons. The summed E-state index contributed by atoms with van der Waals surface area (Å²) in [5.74, 6) is 0.544. The second-order valence-electron chi connectivity index (χ2n) is 5.99. The highest BCUT2D eigenvalue weighted by atomic mass is 16.5. The second kappa shape index (κ2) is 4.49. The first-order chi connectivity index (χ1) is 9.07. The van der Waals surface area contributed by atoms with Crippen molar-refractivity contribution in [1.29, 1.82) is 0 Å². The van der Waals surface area contributed by atoms with Crippen molar-refractivity contribution in [2.75, 3.05) is 6.61 Å². The third-order valence-corrected chi connectivity index (χ3v) is 3.96. The Hall–Kier alpha value is -1.61. The summed E-state index contributed by atoms with van der Waals surface area (Å²) >= 11 is 0. The molecule has 3 nitrogen and oxygen atoms in total. The van der Waals surface area contributed by atoms with Gasteiger partial charge in [-0.15, -0.1) is 0 Å². The van der Waals surface area contributed by atoms with Gasteiger partial charge in [0.25, 0.3) is 0 Å². The van der Waals surface area contributed by atoms with Gasteiger partial charge in [-0.25, -0.2) is 0 Å². The number of nitrogens with one attached hydrogen (secondary N) is 1. The maximum atomic E-state index is 10.8. The van der Waals surface area contributed by atoms with Gasteiger partial charge in [-0.05, 0) is 56.4 Å². The first-order valence-corrected chi connectivity index (χ1v) is 6.79. The van der Waals surface area contributed by atoms with E-state index in [1.165, 1.54) is 5.56 Å². The van der Waals surface area contributed by atoms with Crippen LogP contribution in [0.25, 0.3) is 10.9 Å². The number of fused-ring (bicyclic) bond motifs is 1. The Kier molecular flexibility index (Phi) is 2.94. The minimum absolute atomic E-state index is 0.0377. The Labute approximate surface area is 113 Å². The number of ether oxygens (including phenoxy) is 1. The molecular formula is C16H19NO2. The van der Waals surface area contributed by atoms with Crippen molar-refractivity contribution in [3.63, 3.8) is 0 Å². The molecule has 1 aliphatic heterocycles. The number of carbonyl (C=O) groups excluding carboxylic acids is 1. The minimum Gasteiger partial charge on any atom is -0.376 e. The molecule has 0 aliphatic carbocycles. The van der Waals surface area contributed by atoms with Crippen LogP contribution >= 0.6 is 0 Å². The standard InChI is InChI=1S/C16H19NO2/c1-16(2)9-12(5-6-19-16)11-3-4-15-13(7-11)8-14(10-18)17-15/h3-4,7-8,10,12,17H,5-6,9H2,1-2H3/t12-/m0/s1. The monoisotopic (exact) mass is 257 g/mol. The van der Waals surface area contributed by atoms with Gasteiger partial charge in [0, 0.05) is 17.5 Å². The van der Waals surface area contributed by atoms with Gasteiger partial charge in [0.2, 0.25) is 0 Å². The van der Waals surface area contributed by atoms with Crippen LogP contribution in [0.5, 0.6) is 0 Å². The molecule has 1 atom stereocenters. The first-order valence-electron chi connectivity index (χ1n) is 6.79. The lowest BCUT2D eigenvalue weighted by Gasteiger charge is -2.35. The van der Waals surface area contributed by atoms with Crippen molar-refractivity contribution < 1.29 is 9.53 Å². The molecule has 0 spiro atoms. The molecule has 0 bridgehead atoms. The van der Waals surface area contributed by atoms with Gasteiger partial charge in [0.1, 0.15) is 0 Å². The summed E-state index contributed by atoms with van der Waals surface area (Å²) < 4.78 is 5.77. The average Bonchev–Trinajstić information content (AvgIpc) is 2.79. The van der Waals surface area contributed by atoms with E-state index in [0.29, 0.717) is 11.6 Å². The summed E-state index contributed by atoms with van der Waals surface area (Å²) in [7, 11) is 0. The fourth-order valence-electron chi connectivity index (χ4n) is 3.01. The summed E-state index contributed by atoms with van der Waals surface area (Å²) in [5, 5.41) is 1.11. The Morgan fingerprint density at radius 1 is 1.37 bits per heavy atom. The van der Waals surface area contributed by atoms with Crippen molar-refractivity contribution >= 4 is 17.2 Å². The zero-order valence-corrected chi connectivity index (χ0v) is 11.4. The van der Waals surface area contributed by atoms with E-state index in [2.05, 4.69) is 37.0 Å². The number of hydrogen-bond donors (Lipinski definition) is 1. The molecule has 19 heavy (non-hydrogen) atoms. The lowest BCUT2D eigenvalue weighted by atomic mass is 9.83. The van der Waals surface area contributed by atoms with Crippen LogP contribution in [0, 0.1) is 0 Å². The fraction of sp³-hybridized carbons (Fsp3) is 0.438. The number of benzene rings is 1. The van der Waals surface area contributed by atoms with E-state index < -0.39 is 0 Å². The van der Waals surface area contributed by atoms with Crippen LogP contribution in [0.1, 0.15) is 48.7 Å². The van der Waals surface area contributed by atoms with Gasteiger partial charge in [0.15, 0.2) is 6.29 Å². The maximum Gasteiger partial charge on any atom is 0.166 e. The number of aldehydes is 1. The van der Waals surface area contributed by atoms with Crippen LogP contribution in [-0.4, -0.2) is 23.5 Å². The van der Waals surface area contributed by atoms with E-state index >= 15 is 0 Å². The summed E-state index contributed by atoms with van der Waals surface area (Å²) in [6.07, 6.45) is 2.97. The van der Waals surface area contributed by atoms with Gasteiger partial charge >= 0.3 is 0 Å². The number of carbonyl (C=O) groups is 1. The average molecular weight is 257 g/mol. The summed E-state index contributed by atoms with van der Waals surface area (Å²) in [6.45, 7) is 5.12. The third kappa shape index (κ3) is 2.43. The molecule has 2 heterocycles. The predicted octanol–water partition coefficient (Wildman–Crippen LogP) is 3.65. The van der Waals surface area contributed by atoms with Crippen LogP contribution in [0.15, 0.2) is 24.3 Å². The molecule has 0 saturated carbocycles. The Balaban J connectivity index is 1.94. The van der Waals surface area contributed by atoms with Crippen molar-refractivity contribution in [3.8, 4) is 0 Å². The van der Waals surface area contributed by atoms with Gasteiger partial charge in [-0.1, -0.05) is 6.07 Å². The molecule has 100 valence electrons. The summed E-state index contributed by atoms with van der Waals surface area (Å²) in [5.41, 5.74) is 2.97. The topological polar surface area (TPSA) is 42.1 Å². The quantitative estimate of drug-likeness (QED) is 0.834. The van der Waals surface area contributed by atoms with Crippen LogP contribution in [0.2, 0.25) is 0 Å². The van der Waals surface area contributed by atoms with Crippen molar-refractivity contribution in [2.24, 2.45) is 0 Å². The molecule has 0 unspecified atom stereocenters. The van der Waals surface area contributed by atoms with Crippen LogP contribution < -0.4 is 0 Å². The highest BCUT2D eigenvalue weighted by Gasteiger charge is 2.29. The molecule has 1 saturated heterocycles. The molecule has 1 aromatic heterocycles. The Morgan fingerprint density at radius 3 is 2.95 bits per heavy atom. The van der Waals surface area contributed by atoms with E-state index in [9.17, 15) is 4.79 Å². The lowest BCUT2D eigenvalue weighted by molar-refractivity contribution is -0.0592. The van der Waals surface area contributed by atoms with Crippen LogP contribution in [0.4, 0.5) is 0 Å². The number of hydrogen-bond acceptors (Lipinski definition) is 2. The second-order valence-corrected chi connectivity index (χ2v) is 5.99. The first kappa shape index (κ1) is 12.4. The smallest absolute Gasteiger partial charge is 0.166 e. The number of rotatable bonds is 2. The van der Waals surface area contributed by atoms with Gasteiger partial charge in [-0.2, -0.15) is 0 Å². The SMILES string of the molecule is CC1(C)C[C@@H](c2ccc3[nH]c(C=O)cc3c2)CCO1. The van der Waals surface area contributed by atoms with E-state index in [-0.39, 0.29) is 5.60 Å². The van der Waals surface area contributed by atoms with Crippen molar-refractivity contribution in [1.82, 2.24) is 4.98 Å². The molecule has 1 aliphatic rings. The van der Waals surface area contributed by atoms with Gasteiger partial charge < -0.3 is 9.72 Å². The summed E-state index contributed by atoms with van der Waals surface area (Å²) in [6, 6.07) is 8.35. The van der Waals surface area contributed by atoms with E-state index in [1.807, 2.05) is 6.07 Å². The molecule has 1 fully saturated rings. The number of H-pyrrole nitrogens is 1. The van der Waals surface area contributed by atoms with E-state index in [4.69, 9.17) is 4.74 Å². The lowest BCUT2D eigenvalue weighted by Crippen LogP contribution is -2.32. The Morgan fingerprint density at radius 2 is 2.21 bits per heavy atom. The van der Waals surface area contributed by atoms with Crippen molar-refractivity contribution in [3.05, 3.63) is 35.5 Å². The zero-order valence-electron chi connectivity index (χ0n) is 11.4. The molecule has 3 heteroatoms. The summed E-state index contributed by atoms with van der Waals surface area (Å²) in [4.78, 5) is 13.9. The fourth-order valence-corrected chi connectivity index (χ4v) is 3.01. The highest BCUT2D eigenvalue weighted by molar-refractivity contribution is 5.88. The highest BCUT2D eigenvalue weighted by Crippen LogP contribution is 2.36. The van der Waals surface area contributed by atoms with Crippen molar-refractivity contribution in [2.45, 2.75) is 38.2 Å². The van der Waals surface area contributed by atoms with Crippen LogP contribution in [0.3, 0.4) is 0 Å². The normalized spacial score (nSPS) is 22.5. The van der Waals surface area contributed by atoms with Gasteiger partial charge in [0.05, 0.1) is 11.3 Å². The number of aromatic amines is 1. The Bertz CT molecular complexity index is 612. The predicted molar refractivity (Wildman–Crippen MR) is 75.7 cm³/mol. The maximum absolute atomic E-state index is 10.8. The third-order valence-electron chi connectivity index (χ3n) is 3.96. The number of aromatic nitrogens is 1. The zero-order chi connectivity index (χ0) is 13.5. The molecule has 1 aromatic carbocycles. The van der Waals surface area contributed by atoms with E-state index in [0.717, 1.165) is 36.6 Å². The van der Waals surface area contributed by atoms with Crippen LogP contribution in [-0.2, 0) is 4.74 Å². The molecule has 3 rings (SSSR count). The van der Waals surface area contributed by atoms with Gasteiger partial charge in [-0.3, -0.25) is 4.79 Å². The molecular weight excluding hydrogens is 238 g/mol. The minimum atomic E-state index is -0.0377. The molecule has 1 N–H and O–H groups in total. The largest absolute Gasteiger partial charge is 0.376 e. The molecule has 0 amide bonds.